The smallest absolute Gasteiger partial charge is 0.291 e. The molecule has 1 saturated heterocycles. The standard InChI is InChI=1S/C22H24N4O4/c27-20(15-26-14-18(13-24-26)25-21(28)19-7-4-10-30-19)23-16-22(8-11-29-12-9-22)17-5-2-1-3-6-17/h1-7,10,13-14H,8-9,11-12,15-16H2,(H,23,27)(H,25,28). The number of benzene rings is 1. The van der Waals surface area contributed by atoms with Crippen LogP contribution in [0, 0.1) is 0 Å². The average molecular weight is 408 g/mol. The molecule has 1 aliphatic heterocycles. The van der Waals surface area contributed by atoms with Crippen LogP contribution in [-0.2, 0) is 21.5 Å². The molecule has 0 radical (unpaired) electrons. The minimum absolute atomic E-state index is 0.0675. The van der Waals surface area contributed by atoms with E-state index in [2.05, 4.69) is 27.9 Å². The number of carbonyl (C=O) groups is 2. The number of hydrogen-bond donors (Lipinski definition) is 2. The van der Waals surface area contributed by atoms with Crippen molar-refractivity contribution >= 4 is 17.5 Å². The van der Waals surface area contributed by atoms with Crippen LogP contribution in [0.25, 0.3) is 0 Å². The molecule has 1 aliphatic rings. The van der Waals surface area contributed by atoms with Gasteiger partial charge in [-0.05, 0) is 30.5 Å². The molecule has 156 valence electrons. The fourth-order valence-corrected chi connectivity index (χ4v) is 3.71. The maximum atomic E-state index is 12.5. The van der Waals surface area contributed by atoms with Crippen molar-refractivity contribution in [2.24, 2.45) is 0 Å². The molecular formula is C22H24N4O4. The predicted octanol–water partition coefficient (Wildman–Crippen LogP) is 2.59. The lowest BCUT2D eigenvalue weighted by Gasteiger charge is -2.38. The van der Waals surface area contributed by atoms with Gasteiger partial charge in [0.1, 0.15) is 6.54 Å². The molecule has 0 bridgehead atoms. The highest BCUT2D eigenvalue weighted by molar-refractivity contribution is 6.02. The first-order valence-corrected chi connectivity index (χ1v) is 9.92. The quantitative estimate of drug-likeness (QED) is 0.626. The Balaban J connectivity index is 1.34. The van der Waals surface area contributed by atoms with Crippen molar-refractivity contribution < 1.29 is 18.7 Å². The predicted molar refractivity (Wildman–Crippen MR) is 110 cm³/mol. The van der Waals surface area contributed by atoms with E-state index >= 15 is 0 Å². The molecule has 1 aromatic carbocycles. The summed E-state index contributed by atoms with van der Waals surface area (Å²) in [5.41, 5.74) is 1.59. The molecule has 1 fully saturated rings. The lowest BCUT2D eigenvalue weighted by molar-refractivity contribution is -0.122. The molecule has 30 heavy (non-hydrogen) atoms. The highest BCUT2D eigenvalue weighted by atomic mass is 16.5. The number of nitrogens with one attached hydrogen (secondary N) is 2. The zero-order valence-corrected chi connectivity index (χ0v) is 16.5. The highest BCUT2D eigenvalue weighted by Gasteiger charge is 2.34. The van der Waals surface area contributed by atoms with Gasteiger partial charge in [-0.15, -0.1) is 0 Å². The molecule has 4 rings (SSSR count). The first-order valence-electron chi connectivity index (χ1n) is 9.92. The van der Waals surface area contributed by atoms with Crippen molar-refractivity contribution in [2.45, 2.75) is 24.8 Å². The van der Waals surface area contributed by atoms with E-state index in [0.29, 0.717) is 25.4 Å². The second-order valence-electron chi connectivity index (χ2n) is 7.39. The van der Waals surface area contributed by atoms with E-state index in [4.69, 9.17) is 9.15 Å². The SMILES string of the molecule is O=C(Cn1cc(NC(=O)c2ccco2)cn1)NCC1(c2ccccc2)CCOCC1. The van der Waals surface area contributed by atoms with Crippen LogP contribution in [0.5, 0.6) is 0 Å². The topological polar surface area (TPSA) is 98.4 Å². The lowest BCUT2D eigenvalue weighted by atomic mass is 9.74. The molecule has 0 spiro atoms. The van der Waals surface area contributed by atoms with Crippen LogP contribution in [-0.4, -0.2) is 41.4 Å². The van der Waals surface area contributed by atoms with E-state index in [1.807, 2.05) is 18.2 Å². The number of ether oxygens (including phenoxy) is 1. The van der Waals surface area contributed by atoms with Gasteiger partial charge in [0, 0.05) is 31.4 Å². The van der Waals surface area contributed by atoms with E-state index in [9.17, 15) is 9.59 Å². The number of carbonyl (C=O) groups excluding carboxylic acids is 2. The largest absolute Gasteiger partial charge is 0.459 e. The van der Waals surface area contributed by atoms with Crippen molar-refractivity contribution in [3.63, 3.8) is 0 Å². The van der Waals surface area contributed by atoms with E-state index in [0.717, 1.165) is 12.8 Å². The second-order valence-corrected chi connectivity index (χ2v) is 7.39. The van der Waals surface area contributed by atoms with Gasteiger partial charge in [0.15, 0.2) is 5.76 Å². The molecular weight excluding hydrogens is 384 g/mol. The van der Waals surface area contributed by atoms with Crippen molar-refractivity contribution in [3.05, 3.63) is 72.4 Å². The van der Waals surface area contributed by atoms with Crippen LogP contribution >= 0.6 is 0 Å². The molecule has 2 amide bonds. The molecule has 3 heterocycles. The Morgan fingerprint density at radius 3 is 2.63 bits per heavy atom. The normalized spacial score (nSPS) is 15.5. The van der Waals surface area contributed by atoms with Crippen LogP contribution < -0.4 is 10.6 Å². The summed E-state index contributed by atoms with van der Waals surface area (Å²) in [4.78, 5) is 24.6. The fourth-order valence-electron chi connectivity index (χ4n) is 3.71. The van der Waals surface area contributed by atoms with Crippen LogP contribution in [0.4, 0.5) is 5.69 Å². The molecule has 0 unspecified atom stereocenters. The zero-order valence-electron chi connectivity index (χ0n) is 16.5. The van der Waals surface area contributed by atoms with Gasteiger partial charge >= 0.3 is 0 Å². The second kappa shape index (κ2) is 8.96. The van der Waals surface area contributed by atoms with Crippen LogP contribution in [0.15, 0.2) is 65.5 Å². The number of rotatable bonds is 7. The van der Waals surface area contributed by atoms with E-state index in [-0.39, 0.29) is 29.5 Å². The number of amides is 2. The summed E-state index contributed by atoms with van der Waals surface area (Å²) < 4.78 is 12.1. The zero-order chi connectivity index (χ0) is 20.8. The first-order chi connectivity index (χ1) is 14.6. The van der Waals surface area contributed by atoms with Crippen molar-refractivity contribution in [2.75, 3.05) is 25.1 Å². The third-order valence-corrected chi connectivity index (χ3v) is 5.40. The van der Waals surface area contributed by atoms with Gasteiger partial charge in [-0.25, -0.2) is 0 Å². The minimum atomic E-state index is -0.367. The van der Waals surface area contributed by atoms with Gasteiger partial charge in [-0.2, -0.15) is 5.10 Å². The summed E-state index contributed by atoms with van der Waals surface area (Å²) in [7, 11) is 0. The summed E-state index contributed by atoms with van der Waals surface area (Å²) in [6.07, 6.45) is 6.27. The Morgan fingerprint density at radius 1 is 1.10 bits per heavy atom. The molecule has 0 aliphatic carbocycles. The Labute approximate surface area is 174 Å². The number of hydrogen-bond acceptors (Lipinski definition) is 5. The van der Waals surface area contributed by atoms with Crippen LogP contribution in [0.2, 0.25) is 0 Å². The Hall–Kier alpha value is -3.39. The summed E-state index contributed by atoms with van der Waals surface area (Å²) in [5.74, 6) is -0.291. The number of nitrogens with zero attached hydrogens (tertiary/aromatic N) is 2. The fraction of sp³-hybridized carbons (Fsp3) is 0.318. The Kier molecular flexibility index (Phi) is 5.94. The third-order valence-electron chi connectivity index (χ3n) is 5.40. The molecule has 8 nitrogen and oxygen atoms in total. The van der Waals surface area contributed by atoms with Crippen molar-refractivity contribution in [1.29, 1.82) is 0 Å². The number of aromatic nitrogens is 2. The molecule has 8 heteroatoms. The molecule has 2 aromatic heterocycles. The van der Waals surface area contributed by atoms with E-state index < -0.39 is 0 Å². The highest BCUT2D eigenvalue weighted by Crippen LogP contribution is 2.34. The maximum absolute atomic E-state index is 12.5. The maximum Gasteiger partial charge on any atom is 0.291 e. The molecule has 0 atom stereocenters. The molecule has 3 aromatic rings. The van der Waals surface area contributed by atoms with E-state index in [1.165, 1.54) is 22.7 Å². The summed E-state index contributed by atoms with van der Waals surface area (Å²) in [6, 6.07) is 13.5. The van der Waals surface area contributed by atoms with Crippen molar-refractivity contribution in [3.8, 4) is 0 Å². The van der Waals surface area contributed by atoms with Crippen molar-refractivity contribution in [1.82, 2.24) is 15.1 Å². The van der Waals surface area contributed by atoms with Crippen LogP contribution in [0.3, 0.4) is 0 Å². The van der Waals surface area contributed by atoms with Gasteiger partial charge in [0.25, 0.3) is 5.91 Å². The minimum Gasteiger partial charge on any atom is -0.459 e. The van der Waals surface area contributed by atoms with Crippen LogP contribution in [0.1, 0.15) is 29.0 Å². The third kappa shape index (κ3) is 4.60. The van der Waals surface area contributed by atoms with Gasteiger partial charge in [-0.1, -0.05) is 30.3 Å². The van der Waals surface area contributed by atoms with E-state index in [1.54, 1.807) is 18.3 Å². The Bertz CT molecular complexity index is 976. The Morgan fingerprint density at radius 2 is 1.90 bits per heavy atom. The number of anilines is 1. The molecule has 2 N–H and O–H groups in total. The first kappa shape index (κ1) is 19.9. The molecule has 0 saturated carbocycles. The number of furan rings is 1. The lowest BCUT2D eigenvalue weighted by Crippen LogP contribution is -2.45. The average Bonchev–Trinajstić information content (AvgIpc) is 3.46. The summed E-state index contributed by atoms with van der Waals surface area (Å²) in [5, 5.41) is 9.89. The van der Waals surface area contributed by atoms with Gasteiger partial charge < -0.3 is 19.8 Å². The van der Waals surface area contributed by atoms with Gasteiger partial charge in [0.2, 0.25) is 5.91 Å². The monoisotopic (exact) mass is 408 g/mol. The summed E-state index contributed by atoms with van der Waals surface area (Å²) in [6.45, 7) is 1.98. The van der Waals surface area contributed by atoms with Gasteiger partial charge in [0.05, 0.1) is 18.1 Å². The van der Waals surface area contributed by atoms with Gasteiger partial charge in [-0.3, -0.25) is 14.3 Å². The summed E-state index contributed by atoms with van der Waals surface area (Å²) >= 11 is 0.